The van der Waals surface area contributed by atoms with Crippen LogP contribution in [0.5, 0.6) is 5.75 Å². The number of methoxy groups -OCH3 is 1. The van der Waals surface area contributed by atoms with Crippen molar-refractivity contribution in [1.29, 1.82) is 0 Å². The van der Waals surface area contributed by atoms with Crippen LogP contribution < -0.4 is 4.74 Å². The molecule has 0 aliphatic rings. The highest BCUT2D eigenvalue weighted by molar-refractivity contribution is 6.10. The van der Waals surface area contributed by atoms with Crippen molar-refractivity contribution >= 4 is 11.8 Å². The number of ketones is 1. The molecule has 20 heavy (non-hydrogen) atoms. The monoisotopic (exact) mass is 270 g/mol. The molecule has 4 nitrogen and oxygen atoms in total. The van der Waals surface area contributed by atoms with E-state index in [4.69, 9.17) is 9.84 Å². The fraction of sp³-hybridized carbons (Fsp3) is 0.125. The number of carboxylic acid groups (broad SMARTS) is 1. The first-order valence-electron chi connectivity index (χ1n) is 6.10. The highest BCUT2D eigenvalue weighted by atomic mass is 16.5. The summed E-state index contributed by atoms with van der Waals surface area (Å²) in [6.07, 6.45) is -0.0525. The number of ether oxygens (including phenoxy) is 1. The third kappa shape index (κ3) is 3.03. The summed E-state index contributed by atoms with van der Waals surface area (Å²) in [4.78, 5) is 23.0. The van der Waals surface area contributed by atoms with Gasteiger partial charge in [-0.25, -0.2) is 0 Å². The Hall–Kier alpha value is -2.62. The predicted octanol–water partition coefficient (Wildman–Crippen LogP) is 2.55. The van der Waals surface area contributed by atoms with Crippen molar-refractivity contribution in [3.8, 4) is 5.75 Å². The molecule has 0 aliphatic carbocycles. The molecule has 0 aromatic heterocycles. The van der Waals surface area contributed by atoms with Crippen molar-refractivity contribution in [2.24, 2.45) is 0 Å². The van der Waals surface area contributed by atoms with Gasteiger partial charge in [0, 0.05) is 5.56 Å². The molecule has 0 atom stereocenters. The number of carboxylic acids is 1. The summed E-state index contributed by atoms with van der Waals surface area (Å²) in [6, 6.07) is 13.6. The summed E-state index contributed by atoms with van der Waals surface area (Å²) < 4.78 is 5.17. The maximum Gasteiger partial charge on any atom is 0.307 e. The number of rotatable bonds is 5. The number of para-hydroxylation sites is 1. The van der Waals surface area contributed by atoms with E-state index < -0.39 is 5.97 Å². The van der Waals surface area contributed by atoms with Gasteiger partial charge in [-0.15, -0.1) is 0 Å². The molecule has 0 aliphatic heterocycles. The van der Waals surface area contributed by atoms with Crippen LogP contribution in [-0.4, -0.2) is 24.0 Å². The molecule has 0 bridgehead atoms. The van der Waals surface area contributed by atoms with Crippen LogP contribution in [0.4, 0.5) is 0 Å². The second-order valence-corrected chi connectivity index (χ2v) is 4.30. The number of carbonyl (C=O) groups is 2. The molecule has 0 spiro atoms. The van der Waals surface area contributed by atoms with Gasteiger partial charge < -0.3 is 9.84 Å². The Morgan fingerprint density at radius 1 is 1.05 bits per heavy atom. The average Bonchev–Trinajstić information content (AvgIpc) is 2.46. The Labute approximate surface area is 116 Å². The van der Waals surface area contributed by atoms with Gasteiger partial charge in [-0.3, -0.25) is 9.59 Å². The Morgan fingerprint density at radius 3 is 2.30 bits per heavy atom. The molecule has 0 amide bonds. The van der Waals surface area contributed by atoms with Crippen LogP contribution in [0, 0.1) is 0 Å². The van der Waals surface area contributed by atoms with Crippen molar-refractivity contribution < 1.29 is 19.4 Å². The Bertz CT molecular complexity index is 629. The first-order valence-corrected chi connectivity index (χ1v) is 6.10. The van der Waals surface area contributed by atoms with E-state index in [1.165, 1.54) is 7.11 Å². The largest absolute Gasteiger partial charge is 0.496 e. The smallest absolute Gasteiger partial charge is 0.307 e. The van der Waals surface area contributed by atoms with E-state index in [0.717, 1.165) is 0 Å². The summed E-state index contributed by atoms with van der Waals surface area (Å²) in [5.41, 5.74) is 1.65. The minimum Gasteiger partial charge on any atom is -0.496 e. The van der Waals surface area contributed by atoms with Crippen LogP contribution in [0.1, 0.15) is 21.5 Å². The Kier molecular flexibility index (Phi) is 4.15. The lowest BCUT2D eigenvalue weighted by atomic mass is 10.0. The number of hydrogen-bond acceptors (Lipinski definition) is 3. The Morgan fingerprint density at radius 2 is 1.70 bits per heavy atom. The van der Waals surface area contributed by atoms with Gasteiger partial charge >= 0.3 is 5.97 Å². The zero-order valence-electron chi connectivity index (χ0n) is 11.0. The first-order chi connectivity index (χ1) is 9.61. The molecule has 2 aromatic carbocycles. The molecule has 102 valence electrons. The Balaban J connectivity index is 2.27. The molecule has 2 rings (SSSR count). The molecule has 0 unspecified atom stereocenters. The molecule has 2 aromatic rings. The third-order valence-electron chi connectivity index (χ3n) is 2.92. The van der Waals surface area contributed by atoms with E-state index in [9.17, 15) is 9.59 Å². The number of hydrogen-bond donors (Lipinski definition) is 1. The second-order valence-electron chi connectivity index (χ2n) is 4.30. The van der Waals surface area contributed by atoms with Crippen molar-refractivity contribution in [2.75, 3.05) is 7.11 Å². The minimum absolute atomic E-state index is 0.0525. The van der Waals surface area contributed by atoms with Crippen molar-refractivity contribution in [2.45, 2.75) is 6.42 Å². The molecule has 0 saturated carbocycles. The SMILES string of the molecule is COc1ccccc1C(=O)c1ccc(CC(=O)O)cc1. The van der Waals surface area contributed by atoms with E-state index in [1.54, 1.807) is 48.5 Å². The predicted molar refractivity (Wildman–Crippen MR) is 74.2 cm³/mol. The highest BCUT2D eigenvalue weighted by Gasteiger charge is 2.13. The van der Waals surface area contributed by atoms with Gasteiger partial charge in [0.05, 0.1) is 19.1 Å². The second kappa shape index (κ2) is 6.02. The zero-order chi connectivity index (χ0) is 14.5. The fourth-order valence-corrected chi connectivity index (χ4v) is 1.94. The molecule has 0 fully saturated rings. The summed E-state index contributed by atoms with van der Waals surface area (Å²) in [5.74, 6) is -0.523. The lowest BCUT2D eigenvalue weighted by Gasteiger charge is -2.07. The molecule has 4 heteroatoms. The normalized spacial score (nSPS) is 10.1. The number of benzene rings is 2. The minimum atomic E-state index is -0.895. The standard InChI is InChI=1S/C16H14O4/c1-20-14-5-3-2-4-13(14)16(19)12-8-6-11(7-9-12)10-15(17)18/h2-9H,10H2,1H3,(H,17,18). The van der Waals surface area contributed by atoms with Gasteiger partial charge in [0.2, 0.25) is 0 Å². The van der Waals surface area contributed by atoms with Crippen LogP contribution in [0.3, 0.4) is 0 Å². The molecule has 1 N–H and O–H groups in total. The molecule has 0 saturated heterocycles. The fourth-order valence-electron chi connectivity index (χ4n) is 1.94. The van der Waals surface area contributed by atoms with Crippen molar-refractivity contribution in [3.63, 3.8) is 0 Å². The van der Waals surface area contributed by atoms with E-state index >= 15 is 0 Å². The van der Waals surface area contributed by atoms with Gasteiger partial charge in [0.25, 0.3) is 0 Å². The van der Waals surface area contributed by atoms with Gasteiger partial charge in [0.15, 0.2) is 5.78 Å². The lowest BCUT2D eigenvalue weighted by Crippen LogP contribution is -2.05. The van der Waals surface area contributed by atoms with E-state index in [-0.39, 0.29) is 12.2 Å². The van der Waals surface area contributed by atoms with E-state index in [1.807, 2.05) is 0 Å². The van der Waals surface area contributed by atoms with E-state index in [2.05, 4.69) is 0 Å². The van der Waals surface area contributed by atoms with Crippen LogP contribution >= 0.6 is 0 Å². The molecule has 0 heterocycles. The van der Waals surface area contributed by atoms with Gasteiger partial charge in [0.1, 0.15) is 5.75 Å². The van der Waals surface area contributed by atoms with E-state index in [0.29, 0.717) is 22.4 Å². The molecular weight excluding hydrogens is 256 g/mol. The summed E-state index contributed by atoms with van der Waals surface area (Å²) in [7, 11) is 1.52. The van der Waals surface area contributed by atoms with Crippen LogP contribution in [-0.2, 0) is 11.2 Å². The topological polar surface area (TPSA) is 63.6 Å². The van der Waals surface area contributed by atoms with Crippen molar-refractivity contribution in [1.82, 2.24) is 0 Å². The maximum absolute atomic E-state index is 12.4. The molecular formula is C16H14O4. The van der Waals surface area contributed by atoms with Gasteiger partial charge in [-0.05, 0) is 17.7 Å². The van der Waals surface area contributed by atoms with Gasteiger partial charge in [-0.2, -0.15) is 0 Å². The quantitative estimate of drug-likeness (QED) is 0.848. The number of carbonyl (C=O) groups excluding carboxylic acids is 1. The maximum atomic E-state index is 12.4. The lowest BCUT2D eigenvalue weighted by molar-refractivity contribution is -0.136. The zero-order valence-corrected chi connectivity index (χ0v) is 11.0. The van der Waals surface area contributed by atoms with Crippen molar-refractivity contribution in [3.05, 3.63) is 65.2 Å². The number of aliphatic carboxylic acids is 1. The highest BCUT2D eigenvalue weighted by Crippen LogP contribution is 2.21. The summed E-state index contributed by atoms with van der Waals surface area (Å²) in [5, 5.41) is 8.71. The third-order valence-corrected chi connectivity index (χ3v) is 2.92. The molecule has 0 radical (unpaired) electrons. The average molecular weight is 270 g/mol. The van der Waals surface area contributed by atoms with Gasteiger partial charge in [-0.1, -0.05) is 36.4 Å². The van der Waals surface area contributed by atoms with Crippen LogP contribution in [0.25, 0.3) is 0 Å². The first kappa shape index (κ1) is 13.8. The van der Waals surface area contributed by atoms with Crippen LogP contribution in [0.15, 0.2) is 48.5 Å². The summed E-state index contributed by atoms with van der Waals surface area (Å²) >= 11 is 0. The summed E-state index contributed by atoms with van der Waals surface area (Å²) in [6.45, 7) is 0. The van der Waals surface area contributed by atoms with Crippen LogP contribution in [0.2, 0.25) is 0 Å².